The van der Waals surface area contributed by atoms with E-state index in [0.717, 1.165) is 44.4 Å². The number of anilines is 2. The van der Waals surface area contributed by atoms with Crippen LogP contribution in [-0.4, -0.2) is 55.1 Å². The standard InChI is InChI=1S/C15H27N5/c1-19(2)11-7-9-16-15-17-10-8-14(18-15)20-12-5-3-4-6-13-20/h8,10H,3-7,9,11-13H2,1-2H3,(H,16,17,18). The largest absolute Gasteiger partial charge is 0.356 e. The summed E-state index contributed by atoms with van der Waals surface area (Å²) in [5.74, 6) is 1.82. The van der Waals surface area contributed by atoms with Gasteiger partial charge in [-0.1, -0.05) is 12.8 Å². The first kappa shape index (κ1) is 15.0. The summed E-state index contributed by atoms with van der Waals surface area (Å²) < 4.78 is 0. The van der Waals surface area contributed by atoms with Gasteiger partial charge in [-0.25, -0.2) is 4.98 Å². The fourth-order valence-electron chi connectivity index (χ4n) is 2.51. The van der Waals surface area contributed by atoms with E-state index in [-0.39, 0.29) is 0 Å². The summed E-state index contributed by atoms with van der Waals surface area (Å²) in [7, 11) is 4.19. The summed E-state index contributed by atoms with van der Waals surface area (Å²) in [6.07, 6.45) is 8.20. The van der Waals surface area contributed by atoms with E-state index in [1.54, 1.807) is 0 Å². The number of hydrogen-bond donors (Lipinski definition) is 1. The molecule has 0 amide bonds. The van der Waals surface area contributed by atoms with Crippen LogP contribution in [0.15, 0.2) is 12.3 Å². The molecular formula is C15H27N5. The Morgan fingerprint density at radius 3 is 2.65 bits per heavy atom. The molecule has 0 atom stereocenters. The molecule has 0 spiro atoms. The maximum atomic E-state index is 4.64. The highest BCUT2D eigenvalue weighted by Gasteiger charge is 2.11. The van der Waals surface area contributed by atoms with Crippen molar-refractivity contribution in [3.63, 3.8) is 0 Å². The highest BCUT2D eigenvalue weighted by atomic mass is 15.2. The fraction of sp³-hybridized carbons (Fsp3) is 0.733. The topological polar surface area (TPSA) is 44.3 Å². The molecule has 1 aromatic rings. The first-order valence-electron chi connectivity index (χ1n) is 7.72. The van der Waals surface area contributed by atoms with Crippen LogP contribution in [0.5, 0.6) is 0 Å². The van der Waals surface area contributed by atoms with Gasteiger partial charge < -0.3 is 15.1 Å². The van der Waals surface area contributed by atoms with E-state index in [9.17, 15) is 0 Å². The van der Waals surface area contributed by atoms with Crippen LogP contribution in [0.3, 0.4) is 0 Å². The van der Waals surface area contributed by atoms with E-state index >= 15 is 0 Å². The van der Waals surface area contributed by atoms with Gasteiger partial charge in [0.1, 0.15) is 5.82 Å². The molecule has 1 aromatic heterocycles. The van der Waals surface area contributed by atoms with Crippen molar-refractivity contribution in [2.24, 2.45) is 0 Å². The zero-order valence-corrected chi connectivity index (χ0v) is 12.8. The zero-order chi connectivity index (χ0) is 14.2. The Morgan fingerprint density at radius 1 is 1.20 bits per heavy atom. The van der Waals surface area contributed by atoms with Crippen molar-refractivity contribution in [2.45, 2.75) is 32.1 Å². The molecule has 0 radical (unpaired) electrons. The van der Waals surface area contributed by atoms with E-state index in [1.807, 2.05) is 12.3 Å². The molecule has 5 heteroatoms. The third-order valence-electron chi connectivity index (χ3n) is 3.64. The zero-order valence-electron chi connectivity index (χ0n) is 12.8. The summed E-state index contributed by atoms with van der Waals surface area (Å²) in [4.78, 5) is 13.5. The van der Waals surface area contributed by atoms with Gasteiger partial charge >= 0.3 is 0 Å². The van der Waals surface area contributed by atoms with Crippen LogP contribution in [0.4, 0.5) is 11.8 Å². The Hall–Kier alpha value is -1.36. The predicted molar refractivity (Wildman–Crippen MR) is 84.4 cm³/mol. The number of rotatable bonds is 6. The lowest BCUT2D eigenvalue weighted by Gasteiger charge is -2.21. The SMILES string of the molecule is CN(C)CCCNc1nccc(N2CCCCCC2)n1. The molecule has 2 heterocycles. The Labute approximate surface area is 122 Å². The van der Waals surface area contributed by atoms with E-state index in [4.69, 9.17) is 0 Å². The van der Waals surface area contributed by atoms with Crippen LogP contribution in [0, 0.1) is 0 Å². The molecule has 1 aliphatic heterocycles. The van der Waals surface area contributed by atoms with Gasteiger partial charge in [-0.2, -0.15) is 4.98 Å². The van der Waals surface area contributed by atoms with Gasteiger partial charge in [0.05, 0.1) is 0 Å². The lowest BCUT2D eigenvalue weighted by Crippen LogP contribution is -2.25. The van der Waals surface area contributed by atoms with Crippen molar-refractivity contribution < 1.29 is 0 Å². The molecular weight excluding hydrogens is 250 g/mol. The molecule has 1 aliphatic rings. The Morgan fingerprint density at radius 2 is 1.95 bits per heavy atom. The van der Waals surface area contributed by atoms with Crippen molar-refractivity contribution in [3.8, 4) is 0 Å². The Balaban J connectivity index is 1.86. The summed E-state index contributed by atoms with van der Waals surface area (Å²) in [5, 5.41) is 3.32. The maximum Gasteiger partial charge on any atom is 0.224 e. The van der Waals surface area contributed by atoms with Crippen molar-refractivity contribution in [3.05, 3.63) is 12.3 Å². The molecule has 2 rings (SSSR count). The Kier molecular flexibility index (Phi) is 6.05. The van der Waals surface area contributed by atoms with Crippen molar-refractivity contribution in [1.29, 1.82) is 0 Å². The van der Waals surface area contributed by atoms with Crippen LogP contribution in [-0.2, 0) is 0 Å². The van der Waals surface area contributed by atoms with Gasteiger partial charge in [0.2, 0.25) is 5.95 Å². The second-order valence-electron chi connectivity index (χ2n) is 5.72. The van der Waals surface area contributed by atoms with Gasteiger partial charge in [-0.3, -0.25) is 0 Å². The molecule has 0 unspecified atom stereocenters. The summed E-state index contributed by atoms with van der Waals surface area (Å²) in [6.45, 7) is 4.24. The normalized spacial score (nSPS) is 16.2. The first-order valence-corrected chi connectivity index (χ1v) is 7.72. The van der Waals surface area contributed by atoms with Gasteiger partial charge in [-0.15, -0.1) is 0 Å². The molecule has 0 aliphatic carbocycles. The van der Waals surface area contributed by atoms with Crippen LogP contribution < -0.4 is 10.2 Å². The average molecular weight is 277 g/mol. The summed E-state index contributed by atoms with van der Waals surface area (Å²) >= 11 is 0. The van der Waals surface area contributed by atoms with Crippen LogP contribution >= 0.6 is 0 Å². The smallest absolute Gasteiger partial charge is 0.224 e. The van der Waals surface area contributed by atoms with E-state index in [2.05, 4.69) is 39.2 Å². The highest BCUT2D eigenvalue weighted by Crippen LogP contribution is 2.17. The second-order valence-corrected chi connectivity index (χ2v) is 5.72. The number of hydrogen-bond acceptors (Lipinski definition) is 5. The second kappa shape index (κ2) is 8.04. The van der Waals surface area contributed by atoms with Gasteiger partial charge in [0, 0.05) is 25.8 Å². The predicted octanol–water partition coefficient (Wildman–Crippen LogP) is 2.22. The van der Waals surface area contributed by atoms with Crippen molar-refractivity contribution in [1.82, 2.24) is 14.9 Å². The molecule has 0 bridgehead atoms. The van der Waals surface area contributed by atoms with Crippen molar-refractivity contribution in [2.75, 3.05) is 50.5 Å². The average Bonchev–Trinajstić information content (AvgIpc) is 2.73. The quantitative estimate of drug-likeness (QED) is 0.808. The first-order chi connectivity index (χ1) is 9.75. The lowest BCUT2D eigenvalue weighted by atomic mass is 10.2. The monoisotopic (exact) mass is 277 g/mol. The van der Waals surface area contributed by atoms with Gasteiger partial charge in [-0.05, 0) is 46.0 Å². The number of nitrogens with one attached hydrogen (secondary N) is 1. The molecule has 1 N–H and O–H groups in total. The summed E-state index contributed by atoms with van der Waals surface area (Å²) in [5.41, 5.74) is 0. The van der Waals surface area contributed by atoms with Crippen LogP contribution in [0.2, 0.25) is 0 Å². The molecule has 0 saturated carbocycles. The third kappa shape index (κ3) is 4.96. The van der Waals surface area contributed by atoms with Crippen LogP contribution in [0.1, 0.15) is 32.1 Å². The minimum absolute atomic E-state index is 0.755. The lowest BCUT2D eigenvalue weighted by molar-refractivity contribution is 0.405. The molecule has 1 fully saturated rings. The molecule has 1 saturated heterocycles. The van der Waals surface area contributed by atoms with Gasteiger partial charge in [0.25, 0.3) is 0 Å². The van der Waals surface area contributed by atoms with E-state index < -0.39 is 0 Å². The minimum Gasteiger partial charge on any atom is -0.356 e. The third-order valence-corrected chi connectivity index (χ3v) is 3.64. The minimum atomic E-state index is 0.755. The molecule has 5 nitrogen and oxygen atoms in total. The number of nitrogens with zero attached hydrogens (tertiary/aromatic N) is 4. The number of aromatic nitrogens is 2. The highest BCUT2D eigenvalue weighted by molar-refractivity contribution is 5.42. The molecule has 0 aromatic carbocycles. The van der Waals surface area contributed by atoms with Gasteiger partial charge in [0.15, 0.2) is 0 Å². The molecule has 20 heavy (non-hydrogen) atoms. The fourth-order valence-corrected chi connectivity index (χ4v) is 2.51. The van der Waals surface area contributed by atoms with E-state index in [1.165, 1.54) is 25.7 Å². The Bertz CT molecular complexity index is 386. The maximum absolute atomic E-state index is 4.64. The molecule has 112 valence electrons. The van der Waals surface area contributed by atoms with E-state index in [0.29, 0.717) is 0 Å². The summed E-state index contributed by atoms with van der Waals surface area (Å²) in [6, 6.07) is 2.02. The van der Waals surface area contributed by atoms with Crippen LogP contribution in [0.25, 0.3) is 0 Å². The van der Waals surface area contributed by atoms with Crippen molar-refractivity contribution >= 4 is 11.8 Å².